The van der Waals surface area contributed by atoms with E-state index in [0.29, 0.717) is 6.54 Å². The fourth-order valence-electron chi connectivity index (χ4n) is 1.64. The molecule has 1 aromatic carbocycles. The molecular formula is C12H12F3N3. The number of benzene rings is 1. The first-order valence-corrected chi connectivity index (χ1v) is 5.35. The summed E-state index contributed by atoms with van der Waals surface area (Å²) in [4.78, 5) is 0. The third kappa shape index (κ3) is 2.64. The second-order valence-corrected chi connectivity index (χ2v) is 3.84. The maximum absolute atomic E-state index is 12.7. The van der Waals surface area contributed by atoms with E-state index in [1.807, 2.05) is 0 Å². The van der Waals surface area contributed by atoms with E-state index in [1.165, 1.54) is 12.1 Å². The average Bonchev–Trinajstić information content (AvgIpc) is 2.71. The van der Waals surface area contributed by atoms with Crippen LogP contribution in [0.5, 0.6) is 0 Å². The molecule has 1 N–H and O–H groups in total. The molecule has 1 aromatic heterocycles. The van der Waals surface area contributed by atoms with Crippen molar-refractivity contribution in [1.82, 2.24) is 9.78 Å². The monoisotopic (exact) mass is 255 g/mol. The van der Waals surface area contributed by atoms with E-state index in [1.54, 1.807) is 30.1 Å². The van der Waals surface area contributed by atoms with E-state index < -0.39 is 11.7 Å². The van der Waals surface area contributed by atoms with E-state index in [-0.39, 0.29) is 5.69 Å². The van der Waals surface area contributed by atoms with Crippen LogP contribution in [-0.2, 0) is 19.8 Å². The first-order chi connectivity index (χ1) is 8.48. The van der Waals surface area contributed by atoms with Gasteiger partial charge in [0.15, 0.2) is 0 Å². The summed E-state index contributed by atoms with van der Waals surface area (Å²) in [5, 5.41) is 6.74. The Hall–Kier alpha value is -1.98. The Morgan fingerprint density at radius 3 is 2.56 bits per heavy atom. The van der Waals surface area contributed by atoms with Crippen molar-refractivity contribution < 1.29 is 13.2 Å². The molecule has 0 aliphatic heterocycles. The molecule has 0 radical (unpaired) electrons. The molecule has 2 rings (SSSR count). The number of hydrogen-bond donors (Lipinski definition) is 1. The Morgan fingerprint density at radius 1 is 1.22 bits per heavy atom. The smallest absolute Gasteiger partial charge is 0.379 e. The van der Waals surface area contributed by atoms with Crippen molar-refractivity contribution in [1.29, 1.82) is 0 Å². The van der Waals surface area contributed by atoms with Crippen LogP contribution >= 0.6 is 0 Å². The number of hydrogen-bond acceptors (Lipinski definition) is 2. The molecule has 0 bridgehead atoms. The number of anilines is 1. The molecule has 3 nitrogen and oxygen atoms in total. The van der Waals surface area contributed by atoms with Gasteiger partial charge >= 0.3 is 6.18 Å². The van der Waals surface area contributed by atoms with Crippen LogP contribution < -0.4 is 5.32 Å². The summed E-state index contributed by atoms with van der Waals surface area (Å²) in [5.74, 6) is 0. The Kier molecular flexibility index (Phi) is 3.27. The molecule has 0 saturated carbocycles. The summed E-state index contributed by atoms with van der Waals surface area (Å²) < 4.78 is 39.8. The predicted molar refractivity (Wildman–Crippen MR) is 62.0 cm³/mol. The largest absolute Gasteiger partial charge is 0.418 e. The van der Waals surface area contributed by atoms with Crippen LogP contribution in [0.15, 0.2) is 36.5 Å². The summed E-state index contributed by atoms with van der Waals surface area (Å²) in [7, 11) is 1.74. The molecule has 96 valence electrons. The molecular weight excluding hydrogens is 243 g/mol. The van der Waals surface area contributed by atoms with Crippen molar-refractivity contribution in [2.45, 2.75) is 12.7 Å². The van der Waals surface area contributed by atoms with Crippen molar-refractivity contribution in [2.24, 2.45) is 7.05 Å². The van der Waals surface area contributed by atoms with Gasteiger partial charge in [-0.2, -0.15) is 18.3 Å². The van der Waals surface area contributed by atoms with E-state index in [9.17, 15) is 13.2 Å². The van der Waals surface area contributed by atoms with Gasteiger partial charge in [-0.05, 0) is 18.2 Å². The lowest BCUT2D eigenvalue weighted by Gasteiger charge is -2.14. The summed E-state index contributed by atoms with van der Waals surface area (Å²) in [5.41, 5.74) is 0.227. The fourth-order valence-corrected chi connectivity index (χ4v) is 1.64. The van der Waals surface area contributed by atoms with Gasteiger partial charge < -0.3 is 5.32 Å². The molecule has 2 aromatic rings. The van der Waals surface area contributed by atoms with Gasteiger partial charge in [0.2, 0.25) is 0 Å². The average molecular weight is 255 g/mol. The predicted octanol–water partition coefficient (Wildman–Crippen LogP) is 3.05. The van der Waals surface area contributed by atoms with Crippen LogP contribution in [0, 0.1) is 0 Å². The lowest BCUT2D eigenvalue weighted by atomic mass is 10.1. The van der Waals surface area contributed by atoms with Crippen molar-refractivity contribution >= 4 is 5.69 Å². The second-order valence-electron chi connectivity index (χ2n) is 3.84. The van der Waals surface area contributed by atoms with Crippen LogP contribution in [0.4, 0.5) is 18.9 Å². The van der Waals surface area contributed by atoms with Gasteiger partial charge in [0.05, 0.1) is 17.8 Å². The van der Waals surface area contributed by atoms with Gasteiger partial charge in [0, 0.05) is 18.9 Å². The number of rotatable bonds is 3. The summed E-state index contributed by atoms with van der Waals surface area (Å²) in [6, 6.07) is 7.17. The number of aromatic nitrogens is 2. The minimum atomic E-state index is -4.35. The van der Waals surface area contributed by atoms with Gasteiger partial charge in [-0.3, -0.25) is 4.68 Å². The SMILES string of the molecule is Cn1nccc1CNc1ccccc1C(F)(F)F. The number of aryl methyl sites for hydroxylation is 1. The normalized spacial score (nSPS) is 11.6. The molecule has 6 heteroatoms. The molecule has 0 atom stereocenters. The van der Waals surface area contributed by atoms with Gasteiger partial charge in [-0.1, -0.05) is 12.1 Å². The number of nitrogens with zero attached hydrogens (tertiary/aromatic N) is 2. The van der Waals surface area contributed by atoms with E-state index in [4.69, 9.17) is 0 Å². The molecule has 0 spiro atoms. The maximum Gasteiger partial charge on any atom is 0.418 e. The number of halogens is 3. The molecule has 0 unspecified atom stereocenters. The molecule has 1 heterocycles. The van der Waals surface area contributed by atoms with E-state index in [0.717, 1.165) is 11.8 Å². The van der Waals surface area contributed by atoms with Crippen molar-refractivity contribution in [3.05, 3.63) is 47.8 Å². The fraction of sp³-hybridized carbons (Fsp3) is 0.250. The zero-order valence-corrected chi connectivity index (χ0v) is 9.70. The number of nitrogens with one attached hydrogen (secondary N) is 1. The highest BCUT2D eigenvalue weighted by Crippen LogP contribution is 2.34. The van der Waals surface area contributed by atoms with Crippen molar-refractivity contribution in [3.8, 4) is 0 Å². The molecule has 0 saturated heterocycles. The molecule has 0 fully saturated rings. The van der Waals surface area contributed by atoms with Crippen LogP contribution in [0.3, 0.4) is 0 Å². The minimum Gasteiger partial charge on any atom is -0.379 e. The Morgan fingerprint density at radius 2 is 1.94 bits per heavy atom. The van der Waals surface area contributed by atoms with Crippen LogP contribution in [-0.4, -0.2) is 9.78 Å². The Labute approximate surface area is 102 Å². The summed E-state index contributed by atoms with van der Waals surface area (Å²) in [6.07, 6.45) is -2.75. The second kappa shape index (κ2) is 4.72. The van der Waals surface area contributed by atoms with Crippen molar-refractivity contribution in [2.75, 3.05) is 5.32 Å². The number of alkyl halides is 3. The third-order valence-corrected chi connectivity index (χ3v) is 2.61. The summed E-state index contributed by atoms with van der Waals surface area (Å²) in [6.45, 7) is 0.295. The van der Waals surface area contributed by atoms with Crippen LogP contribution in [0.2, 0.25) is 0 Å². The molecule has 0 amide bonds. The first kappa shape index (κ1) is 12.5. The lowest BCUT2D eigenvalue weighted by molar-refractivity contribution is -0.136. The molecule has 0 aliphatic rings. The van der Waals surface area contributed by atoms with E-state index >= 15 is 0 Å². The van der Waals surface area contributed by atoms with Crippen molar-refractivity contribution in [3.63, 3.8) is 0 Å². The topological polar surface area (TPSA) is 29.9 Å². The first-order valence-electron chi connectivity index (χ1n) is 5.35. The van der Waals surface area contributed by atoms with Crippen LogP contribution in [0.1, 0.15) is 11.3 Å². The van der Waals surface area contributed by atoms with Crippen LogP contribution in [0.25, 0.3) is 0 Å². The van der Waals surface area contributed by atoms with Gasteiger partial charge in [0.1, 0.15) is 0 Å². The number of para-hydroxylation sites is 1. The highest BCUT2D eigenvalue weighted by Gasteiger charge is 2.33. The van der Waals surface area contributed by atoms with Gasteiger partial charge in [-0.15, -0.1) is 0 Å². The third-order valence-electron chi connectivity index (χ3n) is 2.61. The lowest BCUT2D eigenvalue weighted by Crippen LogP contribution is -2.12. The van der Waals surface area contributed by atoms with Gasteiger partial charge in [0.25, 0.3) is 0 Å². The Bertz CT molecular complexity index is 531. The zero-order chi connectivity index (χ0) is 13.2. The van der Waals surface area contributed by atoms with Gasteiger partial charge in [-0.25, -0.2) is 0 Å². The zero-order valence-electron chi connectivity index (χ0n) is 9.70. The molecule has 18 heavy (non-hydrogen) atoms. The van der Waals surface area contributed by atoms with E-state index in [2.05, 4.69) is 10.4 Å². The maximum atomic E-state index is 12.7. The Balaban J connectivity index is 2.17. The summed E-state index contributed by atoms with van der Waals surface area (Å²) >= 11 is 0. The molecule has 0 aliphatic carbocycles. The highest BCUT2D eigenvalue weighted by atomic mass is 19.4. The highest BCUT2D eigenvalue weighted by molar-refractivity contribution is 5.52. The standard InChI is InChI=1S/C12H12F3N3/c1-18-9(6-7-17-18)8-16-11-5-3-2-4-10(11)12(13,14)15/h2-7,16H,8H2,1H3. The quantitative estimate of drug-likeness (QED) is 0.913. The minimum absolute atomic E-state index is 0.0752.